The molecule has 7 nitrogen and oxygen atoms in total. The molecule has 0 aliphatic heterocycles. The zero-order valence-electron chi connectivity index (χ0n) is 17.9. The van der Waals surface area contributed by atoms with E-state index in [4.69, 9.17) is 0 Å². The number of halogens is 2. The Morgan fingerprint density at radius 1 is 1.26 bits per heavy atom. The van der Waals surface area contributed by atoms with Crippen LogP contribution in [0.3, 0.4) is 0 Å². The van der Waals surface area contributed by atoms with E-state index in [0.717, 1.165) is 48.2 Å². The molecule has 4 rings (SSSR count). The Bertz CT molecular complexity index is 1050. The van der Waals surface area contributed by atoms with E-state index in [-0.39, 0.29) is 18.2 Å². The van der Waals surface area contributed by atoms with Gasteiger partial charge in [0.05, 0.1) is 16.7 Å². The molecule has 166 valence electrons. The van der Waals surface area contributed by atoms with Crippen molar-refractivity contribution < 1.29 is 13.6 Å². The maximum Gasteiger partial charge on any atom is 0.280 e. The summed E-state index contributed by atoms with van der Waals surface area (Å²) in [6, 6.07) is 9.11. The molecule has 1 amide bonds. The van der Waals surface area contributed by atoms with Crippen LogP contribution in [0.5, 0.6) is 0 Å². The van der Waals surface area contributed by atoms with E-state index in [1.54, 1.807) is 0 Å². The lowest BCUT2D eigenvalue weighted by atomic mass is 10.3. The quantitative estimate of drug-likeness (QED) is 0.527. The summed E-state index contributed by atoms with van der Waals surface area (Å²) in [6.45, 7) is 7.29. The van der Waals surface area contributed by atoms with Crippen LogP contribution in [0.4, 0.5) is 14.7 Å². The predicted molar refractivity (Wildman–Crippen MR) is 115 cm³/mol. The standard InChI is InChI=1S/C22H28F2N6O/c1-3-28(4-2)11-12-29-18-8-6-5-7-16(18)25-22(29)26-20(31)14-30-19(21(23)24)13-17(27-30)15-9-10-15/h5-8,13,15,21H,3-4,9-12,14H2,1-2H3,(H,25,26,31). The summed E-state index contributed by atoms with van der Waals surface area (Å²) in [5, 5.41) is 7.08. The molecule has 0 saturated heterocycles. The van der Waals surface area contributed by atoms with E-state index < -0.39 is 12.3 Å². The average Bonchev–Trinajstić information content (AvgIpc) is 3.43. The van der Waals surface area contributed by atoms with Gasteiger partial charge in [0.15, 0.2) is 0 Å². The second-order valence-corrected chi connectivity index (χ2v) is 7.88. The number of nitrogens with one attached hydrogen (secondary N) is 1. The molecular formula is C22H28F2N6O. The van der Waals surface area contributed by atoms with Gasteiger partial charge in [0.1, 0.15) is 12.2 Å². The number of carbonyl (C=O) groups is 1. The van der Waals surface area contributed by atoms with E-state index in [2.05, 4.69) is 34.1 Å². The number of amides is 1. The van der Waals surface area contributed by atoms with Gasteiger partial charge in [-0.15, -0.1) is 0 Å². The molecule has 1 aromatic carbocycles. The van der Waals surface area contributed by atoms with Gasteiger partial charge in [-0.05, 0) is 44.1 Å². The van der Waals surface area contributed by atoms with Crippen molar-refractivity contribution in [2.75, 3.05) is 25.0 Å². The lowest BCUT2D eigenvalue weighted by Gasteiger charge is -2.19. The minimum Gasteiger partial charge on any atom is -0.309 e. The molecule has 3 aromatic rings. The van der Waals surface area contributed by atoms with Crippen molar-refractivity contribution in [3.05, 3.63) is 41.7 Å². The van der Waals surface area contributed by atoms with Crippen LogP contribution in [0.15, 0.2) is 30.3 Å². The summed E-state index contributed by atoms with van der Waals surface area (Å²) in [4.78, 5) is 19.6. The van der Waals surface area contributed by atoms with E-state index in [9.17, 15) is 13.6 Å². The van der Waals surface area contributed by atoms with Crippen LogP contribution in [0, 0.1) is 0 Å². The molecule has 9 heteroatoms. The molecule has 0 unspecified atom stereocenters. The summed E-state index contributed by atoms with van der Waals surface area (Å²) in [5.74, 6) is 0.240. The summed E-state index contributed by atoms with van der Waals surface area (Å²) < 4.78 is 30.0. The normalized spacial score (nSPS) is 14.1. The highest BCUT2D eigenvalue weighted by Crippen LogP contribution is 2.40. The zero-order chi connectivity index (χ0) is 22.0. The van der Waals surface area contributed by atoms with Crippen molar-refractivity contribution in [3.63, 3.8) is 0 Å². The highest BCUT2D eigenvalue weighted by molar-refractivity contribution is 5.91. The van der Waals surface area contributed by atoms with Gasteiger partial charge in [-0.25, -0.2) is 13.8 Å². The van der Waals surface area contributed by atoms with E-state index in [0.29, 0.717) is 18.2 Å². The highest BCUT2D eigenvalue weighted by atomic mass is 19.3. The molecule has 1 N–H and O–H groups in total. The van der Waals surface area contributed by atoms with Gasteiger partial charge >= 0.3 is 0 Å². The van der Waals surface area contributed by atoms with Crippen molar-refractivity contribution in [2.24, 2.45) is 0 Å². The van der Waals surface area contributed by atoms with Crippen LogP contribution >= 0.6 is 0 Å². The molecule has 0 atom stereocenters. The van der Waals surface area contributed by atoms with Gasteiger partial charge < -0.3 is 9.47 Å². The summed E-state index contributed by atoms with van der Waals surface area (Å²) in [7, 11) is 0. The Kier molecular flexibility index (Phi) is 6.31. The van der Waals surface area contributed by atoms with Crippen molar-refractivity contribution in [1.82, 2.24) is 24.2 Å². The first-order valence-corrected chi connectivity index (χ1v) is 10.8. The molecule has 1 aliphatic rings. The van der Waals surface area contributed by atoms with Crippen LogP contribution in [0.25, 0.3) is 11.0 Å². The van der Waals surface area contributed by atoms with Gasteiger partial charge in [-0.2, -0.15) is 5.10 Å². The largest absolute Gasteiger partial charge is 0.309 e. The first-order chi connectivity index (χ1) is 15.0. The number of benzene rings is 1. The lowest BCUT2D eigenvalue weighted by Crippen LogP contribution is -2.28. The first-order valence-electron chi connectivity index (χ1n) is 10.8. The molecule has 1 fully saturated rings. The Morgan fingerprint density at radius 2 is 2.00 bits per heavy atom. The van der Waals surface area contributed by atoms with Crippen molar-refractivity contribution in [3.8, 4) is 0 Å². The highest BCUT2D eigenvalue weighted by Gasteiger charge is 2.29. The number of rotatable bonds is 10. The number of imidazole rings is 1. The molecular weight excluding hydrogens is 402 g/mol. The summed E-state index contributed by atoms with van der Waals surface area (Å²) >= 11 is 0. The Morgan fingerprint density at radius 3 is 2.68 bits per heavy atom. The summed E-state index contributed by atoms with van der Waals surface area (Å²) in [5.41, 5.74) is 2.13. The van der Waals surface area contributed by atoms with Crippen LogP contribution in [-0.2, 0) is 17.9 Å². The van der Waals surface area contributed by atoms with Crippen LogP contribution in [0.2, 0.25) is 0 Å². The topological polar surface area (TPSA) is 68.0 Å². The maximum absolute atomic E-state index is 13.4. The molecule has 0 bridgehead atoms. The number of nitrogens with zero attached hydrogens (tertiary/aromatic N) is 5. The molecule has 0 radical (unpaired) electrons. The van der Waals surface area contributed by atoms with Gasteiger partial charge in [0, 0.05) is 19.0 Å². The lowest BCUT2D eigenvalue weighted by molar-refractivity contribution is -0.117. The summed E-state index contributed by atoms with van der Waals surface area (Å²) in [6.07, 6.45) is -0.753. The Labute approximate surface area is 180 Å². The van der Waals surface area contributed by atoms with Gasteiger partial charge in [-0.3, -0.25) is 14.8 Å². The fourth-order valence-electron chi connectivity index (χ4n) is 3.81. The number of likely N-dealkylation sites (N-methyl/N-ethyl adjacent to an activating group) is 1. The van der Waals surface area contributed by atoms with Crippen LogP contribution < -0.4 is 5.32 Å². The van der Waals surface area contributed by atoms with Crippen molar-refractivity contribution in [1.29, 1.82) is 0 Å². The monoisotopic (exact) mass is 430 g/mol. The van der Waals surface area contributed by atoms with Crippen molar-refractivity contribution in [2.45, 2.75) is 52.1 Å². The van der Waals surface area contributed by atoms with E-state index >= 15 is 0 Å². The number of carbonyl (C=O) groups excluding carboxylic acids is 1. The number of hydrogen-bond acceptors (Lipinski definition) is 4. The molecule has 1 saturated carbocycles. The Balaban J connectivity index is 1.54. The van der Waals surface area contributed by atoms with Crippen LogP contribution in [0.1, 0.15) is 50.4 Å². The van der Waals surface area contributed by atoms with E-state index in [1.165, 1.54) is 6.07 Å². The molecule has 2 heterocycles. The number of aromatic nitrogens is 4. The number of hydrogen-bond donors (Lipinski definition) is 1. The fraction of sp³-hybridized carbons (Fsp3) is 0.500. The second-order valence-electron chi connectivity index (χ2n) is 7.88. The molecule has 0 spiro atoms. The number of anilines is 1. The molecule has 1 aliphatic carbocycles. The SMILES string of the molecule is CCN(CC)CCn1c(NC(=O)Cn2nc(C3CC3)cc2C(F)F)nc2ccccc21. The smallest absolute Gasteiger partial charge is 0.280 e. The molecule has 2 aromatic heterocycles. The molecule has 31 heavy (non-hydrogen) atoms. The van der Waals surface area contributed by atoms with Crippen molar-refractivity contribution >= 4 is 22.9 Å². The Hall–Kier alpha value is -2.81. The third-order valence-electron chi connectivity index (χ3n) is 5.78. The number of fused-ring (bicyclic) bond motifs is 1. The van der Waals surface area contributed by atoms with Gasteiger partial charge in [-0.1, -0.05) is 26.0 Å². The second kappa shape index (κ2) is 9.13. The van der Waals surface area contributed by atoms with Crippen LogP contribution in [-0.4, -0.2) is 49.8 Å². The fourth-order valence-corrected chi connectivity index (χ4v) is 3.81. The number of para-hydroxylation sites is 2. The third-order valence-corrected chi connectivity index (χ3v) is 5.78. The average molecular weight is 431 g/mol. The third kappa shape index (κ3) is 4.76. The maximum atomic E-state index is 13.4. The van der Waals surface area contributed by atoms with Gasteiger partial charge in [0.2, 0.25) is 11.9 Å². The van der Waals surface area contributed by atoms with E-state index in [1.807, 2.05) is 28.8 Å². The van der Waals surface area contributed by atoms with Gasteiger partial charge in [0.25, 0.3) is 6.43 Å². The minimum atomic E-state index is -2.67. The zero-order valence-corrected chi connectivity index (χ0v) is 17.9. The number of alkyl halides is 2. The predicted octanol–water partition coefficient (Wildman–Crippen LogP) is 4.03. The first kappa shape index (κ1) is 21.4. The minimum absolute atomic E-state index is 0.216.